The van der Waals surface area contributed by atoms with Crippen LogP contribution in [-0.4, -0.2) is 115 Å². The second kappa shape index (κ2) is 13.8. The van der Waals surface area contributed by atoms with Gasteiger partial charge in [0.25, 0.3) is 5.91 Å². The average Bonchev–Trinajstić information content (AvgIpc) is 3.93. The molecule has 248 valence electrons. The zero-order valence-electron chi connectivity index (χ0n) is 27.1. The molecule has 0 radical (unpaired) electrons. The number of ether oxygens (including phenoxy) is 2. The lowest BCUT2D eigenvalue weighted by Crippen LogP contribution is -2.56. The molecule has 1 aliphatic carbocycles. The average molecular weight is 634 g/mol. The van der Waals surface area contributed by atoms with E-state index in [0.29, 0.717) is 51.1 Å². The Morgan fingerprint density at radius 1 is 0.870 bits per heavy atom. The highest BCUT2D eigenvalue weighted by atomic mass is 16.5. The molecule has 11 nitrogen and oxygen atoms in total. The van der Waals surface area contributed by atoms with Gasteiger partial charge in [0.2, 0.25) is 5.91 Å². The molecular formula is C35H47N5O6. The lowest BCUT2D eigenvalue weighted by atomic mass is 9.95. The van der Waals surface area contributed by atoms with Crippen LogP contribution in [0.3, 0.4) is 0 Å². The van der Waals surface area contributed by atoms with Gasteiger partial charge in [0.1, 0.15) is 5.75 Å². The van der Waals surface area contributed by atoms with Crippen molar-refractivity contribution in [2.45, 2.75) is 57.7 Å². The fraction of sp³-hybridized carbons (Fsp3) is 0.571. The number of piperidine rings is 1. The number of piperazine rings is 1. The summed E-state index contributed by atoms with van der Waals surface area (Å²) in [5.74, 6) is 0.594. The van der Waals surface area contributed by atoms with E-state index in [-0.39, 0.29) is 17.7 Å². The molecule has 1 atom stereocenters. The van der Waals surface area contributed by atoms with Crippen molar-refractivity contribution in [1.29, 1.82) is 0 Å². The van der Waals surface area contributed by atoms with E-state index in [1.807, 2.05) is 24.3 Å². The minimum Gasteiger partial charge on any atom is -0.478 e. The highest BCUT2D eigenvalue weighted by Crippen LogP contribution is 2.34. The SMILES string of the molecule is CC(C)(Oc1cccc(N2CCC[C@H](C(=O)N(Cc3ccc(N4CCOCC4)cc3)C3CC3)C2)c1)C(=O)N1CCN(C(=O)O)CC1. The predicted octanol–water partition coefficient (Wildman–Crippen LogP) is 3.91. The molecule has 2 aromatic carbocycles. The number of hydrogen-bond donors (Lipinski definition) is 1. The number of carbonyl (C=O) groups excluding carboxylic acids is 2. The molecule has 4 fully saturated rings. The van der Waals surface area contributed by atoms with Crippen LogP contribution >= 0.6 is 0 Å². The van der Waals surface area contributed by atoms with Gasteiger partial charge in [-0.1, -0.05) is 18.2 Å². The number of nitrogens with zero attached hydrogens (tertiary/aromatic N) is 5. The van der Waals surface area contributed by atoms with Crippen LogP contribution in [0.2, 0.25) is 0 Å². The smallest absolute Gasteiger partial charge is 0.407 e. The minimum absolute atomic E-state index is 0.0750. The van der Waals surface area contributed by atoms with Crippen molar-refractivity contribution in [2.24, 2.45) is 5.92 Å². The number of anilines is 2. The van der Waals surface area contributed by atoms with Crippen LogP contribution in [-0.2, 0) is 20.9 Å². The maximum atomic E-state index is 14.0. The van der Waals surface area contributed by atoms with Gasteiger partial charge in [0.05, 0.1) is 19.1 Å². The van der Waals surface area contributed by atoms with Gasteiger partial charge in [-0.15, -0.1) is 0 Å². The Hall–Kier alpha value is -3.99. The van der Waals surface area contributed by atoms with E-state index < -0.39 is 11.7 Å². The topological polar surface area (TPSA) is 106 Å². The number of benzene rings is 2. The largest absolute Gasteiger partial charge is 0.478 e. The fourth-order valence-electron chi connectivity index (χ4n) is 6.81. The Labute approximate surface area is 271 Å². The summed E-state index contributed by atoms with van der Waals surface area (Å²) in [6.07, 6.45) is 2.98. The summed E-state index contributed by atoms with van der Waals surface area (Å²) in [6, 6.07) is 16.8. The number of morpholine rings is 1. The molecule has 3 amide bonds. The molecule has 0 unspecified atom stereocenters. The third-order valence-corrected chi connectivity index (χ3v) is 9.62. The molecule has 2 aromatic rings. The summed E-state index contributed by atoms with van der Waals surface area (Å²) in [5, 5.41) is 9.23. The number of amides is 3. The maximum Gasteiger partial charge on any atom is 0.407 e. The van der Waals surface area contributed by atoms with Gasteiger partial charge >= 0.3 is 6.09 Å². The first-order valence-corrected chi connectivity index (χ1v) is 16.7. The molecule has 3 heterocycles. The summed E-state index contributed by atoms with van der Waals surface area (Å²) in [6.45, 7) is 10.3. The van der Waals surface area contributed by atoms with E-state index in [9.17, 15) is 19.5 Å². The lowest BCUT2D eigenvalue weighted by Gasteiger charge is -2.38. The lowest BCUT2D eigenvalue weighted by molar-refractivity contribution is -0.147. The molecule has 0 spiro atoms. The molecule has 6 rings (SSSR count). The van der Waals surface area contributed by atoms with Crippen molar-refractivity contribution in [3.63, 3.8) is 0 Å². The zero-order valence-corrected chi connectivity index (χ0v) is 27.1. The second-order valence-electron chi connectivity index (χ2n) is 13.4. The maximum absolute atomic E-state index is 14.0. The van der Waals surface area contributed by atoms with Crippen LogP contribution < -0.4 is 14.5 Å². The molecule has 3 aliphatic heterocycles. The Bertz CT molecular complexity index is 1380. The number of carboxylic acid groups (broad SMARTS) is 1. The van der Waals surface area contributed by atoms with Gasteiger partial charge in [0.15, 0.2) is 5.60 Å². The van der Waals surface area contributed by atoms with Gasteiger partial charge in [-0.3, -0.25) is 9.59 Å². The quantitative estimate of drug-likeness (QED) is 0.443. The Balaban J connectivity index is 1.07. The van der Waals surface area contributed by atoms with Crippen molar-refractivity contribution >= 4 is 29.3 Å². The zero-order chi connectivity index (χ0) is 32.3. The van der Waals surface area contributed by atoms with Crippen LogP contribution in [0.4, 0.5) is 16.2 Å². The second-order valence-corrected chi connectivity index (χ2v) is 13.4. The molecule has 46 heavy (non-hydrogen) atoms. The van der Waals surface area contributed by atoms with E-state index >= 15 is 0 Å². The van der Waals surface area contributed by atoms with Gasteiger partial charge in [-0.2, -0.15) is 0 Å². The van der Waals surface area contributed by atoms with Gasteiger partial charge in [0, 0.05) is 82.4 Å². The predicted molar refractivity (Wildman–Crippen MR) is 175 cm³/mol. The van der Waals surface area contributed by atoms with Crippen LogP contribution in [0.25, 0.3) is 0 Å². The highest BCUT2D eigenvalue weighted by Gasteiger charge is 2.38. The van der Waals surface area contributed by atoms with Crippen LogP contribution in [0, 0.1) is 5.92 Å². The monoisotopic (exact) mass is 633 g/mol. The molecule has 1 N–H and O–H groups in total. The molecule has 1 saturated carbocycles. The molecule has 0 bridgehead atoms. The molecule has 3 saturated heterocycles. The summed E-state index contributed by atoms with van der Waals surface area (Å²) in [4.78, 5) is 48.3. The summed E-state index contributed by atoms with van der Waals surface area (Å²) in [7, 11) is 0. The summed E-state index contributed by atoms with van der Waals surface area (Å²) < 4.78 is 11.7. The number of hydrogen-bond acceptors (Lipinski definition) is 7. The van der Waals surface area contributed by atoms with Crippen molar-refractivity contribution in [1.82, 2.24) is 14.7 Å². The van der Waals surface area contributed by atoms with Gasteiger partial charge in [-0.05, 0) is 69.4 Å². The third-order valence-electron chi connectivity index (χ3n) is 9.62. The van der Waals surface area contributed by atoms with Crippen molar-refractivity contribution in [3.8, 4) is 5.75 Å². The Morgan fingerprint density at radius 2 is 1.57 bits per heavy atom. The van der Waals surface area contributed by atoms with E-state index in [4.69, 9.17) is 9.47 Å². The normalized spacial score (nSPS) is 20.8. The first kappa shape index (κ1) is 32.0. The summed E-state index contributed by atoms with van der Waals surface area (Å²) in [5.41, 5.74) is 2.23. The van der Waals surface area contributed by atoms with Crippen LogP contribution in [0.5, 0.6) is 5.75 Å². The molecule has 4 aliphatic rings. The van der Waals surface area contributed by atoms with E-state index in [2.05, 4.69) is 39.0 Å². The fourth-order valence-corrected chi connectivity index (χ4v) is 6.81. The van der Waals surface area contributed by atoms with E-state index in [0.717, 1.165) is 69.8 Å². The van der Waals surface area contributed by atoms with Crippen LogP contribution in [0.15, 0.2) is 48.5 Å². The minimum atomic E-state index is -1.12. The first-order valence-electron chi connectivity index (χ1n) is 16.7. The first-order chi connectivity index (χ1) is 22.2. The van der Waals surface area contributed by atoms with E-state index in [1.54, 1.807) is 18.7 Å². The van der Waals surface area contributed by atoms with Crippen molar-refractivity contribution < 1.29 is 29.0 Å². The highest BCUT2D eigenvalue weighted by molar-refractivity contribution is 5.85. The summed E-state index contributed by atoms with van der Waals surface area (Å²) >= 11 is 0. The van der Waals surface area contributed by atoms with Gasteiger partial charge < -0.3 is 39.1 Å². The standard InChI is InChI=1S/C35H47N5O6/c1-35(2,33(42)37-15-17-38(18-16-37)34(43)44)46-31-7-3-6-30(23-31)39-14-4-5-27(25-39)32(41)40(29-12-13-29)24-26-8-10-28(11-9-26)36-19-21-45-22-20-36/h3,6-11,23,27,29H,4-5,12-22,24-25H2,1-2H3,(H,43,44)/t27-/m0/s1. The van der Waals surface area contributed by atoms with Crippen LogP contribution in [0.1, 0.15) is 45.1 Å². The molecule has 0 aromatic heterocycles. The van der Waals surface area contributed by atoms with Gasteiger partial charge in [-0.25, -0.2) is 4.79 Å². The molecule has 11 heteroatoms. The third kappa shape index (κ3) is 7.52. The Morgan fingerprint density at radius 3 is 2.24 bits per heavy atom. The number of carbonyl (C=O) groups is 3. The van der Waals surface area contributed by atoms with Crippen molar-refractivity contribution in [2.75, 3.05) is 75.4 Å². The Kier molecular flexibility index (Phi) is 9.58. The number of rotatable bonds is 9. The molecular weight excluding hydrogens is 586 g/mol. The van der Waals surface area contributed by atoms with E-state index in [1.165, 1.54) is 10.6 Å². The van der Waals surface area contributed by atoms with Crippen molar-refractivity contribution in [3.05, 3.63) is 54.1 Å².